The summed E-state index contributed by atoms with van der Waals surface area (Å²) in [5.74, 6) is 0.168. The zero-order chi connectivity index (χ0) is 13.7. The summed E-state index contributed by atoms with van der Waals surface area (Å²) in [6.45, 7) is 5.87. The van der Waals surface area contributed by atoms with E-state index < -0.39 is 0 Å². The molecular weight excluding hydrogens is 236 g/mol. The van der Waals surface area contributed by atoms with E-state index in [4.69, 9.17) is 0 Å². The Morgan fingerprint density at radius 1 is 1.42 bits per heavy atom. The van der Waals surface area contributed by atoms with Crippen molar-refractivity contribution in [2.75, 3.05) is 13.1 Å². The Kier molecular flexibility index (Phi) is 4.59. The van der Waals surface area contributed by atoms with Gasteiger partial charge in [0.15, 0.2) is 0 Å². The SMILES string of the molecule is CCC1(C(=O)NCCc2ccccc2C)CCCN1. The van der Waals surface area contributed by atoms with Gasteiger partial charge in [-0.3, -0.25) is 4.79 Å². The van der Waals surface area contributed by atoms with E-state index in [1.807, 2.05) is 6.07 Å². The predicted molar refractivity (Wildman–Crippen MR) is 78.2 cm³/mol. The van der Waals surface area contributed by atoms with Crippen LogP contribution in [0.4, 0.5) is 0 Å². The molecule has 1 amide bonds. The molecule has 1 heterocycles. The summed E-state index contributed by atoms with van der Waals surface area (Å²) < 4.78 is 0. The molecule has 104 valence electrons. The fraction of sp³-hybridized carbons (Fsp3) is 0.562. The number of benzene rings is 1. The van der Waals surface area contributed by atoms with Gasteiger partial charge in [0.1, 0.15) is 0 Å². The number of hydrogen-bond donors (Lipinski definition) is 2. The molecule has 0 bridgehead atoms. The highest BCUT2D eigenvalue weighted by atomic mass is 16.2. The van der Waals surface area contributed by atoms with Crippen LogP contribution in [0.5, 0.6) is 0 Å². The van der Waals surface area contributed by atoms with Crippen LogP contribution in [0.25, 0.3) is 0 Å². The number of nitrogens with one attached hydrogen (secondary N) is 2. The van der Waals surface area contributed by atoms with Crippen LogP contribution < -0.4 is 10.6 Å². The van der Waals surface area contributed by atoms with E-state index in [0.29, 0.717) is 6.54 Å². The standard InChI is InChI=1S/C16H24N2O/c1-3-16(10-6-11-18-16)15(19)17-12-9-14-8-5-4-7-13(14)2/h4-5,7-8,18H,3,6,9-12H2,1-2H3,(H,17,19). The van der Waals surface area contributed by atoms with Gasteiger partial charge >= 0.3 is 0 Å². The van der Waals surface area contributed by atoms with Gasteiger partial charge < -0.3 is 10.6 Å². The third-order valence-electron chi connectivity index (χ3n) is 4.22. The summed E-state index contributed by atoms with van der Waals surface area (Å²) in [5, 5.41) is 6.46. The molecular formula is C16H24N2O. The Balaban J connectivity index is 1.86. The van der Waals surface area contributed by atoms with E-state index in [1.54, 1.807) is 0 Å². The minimum Gasteiger partial charge on any atom is -0.354 e. The van der Waals surface area contributed by atoms with Crippen LogP contribution in [0.3, 0.4) is 0 Å². The number of rotatable bonds is 5. The van der Waals surface area contributed by atoms with Crippen LogP contribution in [0, 0.1) is 6.92 Å². The Bertz CT molecular complexity index is 436. The first-order valence-electron chi connectivity index (χ1n) is 7.26. The molecule has 2 rings (SSSR count). The lowest BCUT2D eigenvalue weighted by Crippen LogP contribution is -2.53. The minimum absolute atomic E-state index is 0.168. The smallest absolute Gasteiger partial charge is 0.240 e. The van der Waals surface area contributed by atoms with Gasteiger partial charge in [0.05, 0.1) is 5.54 Å². The number of carbonyl (C=O) groups excluding carboxylic acids is 1. The number of aryl methyl sites for hydroxylation is 1. The van der Waals surface area contributed by atoms with Crippen molar-refractivity contribution in [2.45, 2.75) is 45.1 Å². The first-order valence-corrected chi connectivity index (χ1v) is 7.26. The fourth-order valence-electron chi connectivity index (χ4n) is 2.83. The highest BCUT2D eigenvalue weighted by Gasteiger charge is 2.38. The fourth-order valence-corrected chi connectivity index (χ4v) is 2.83. The van der Waals surface area contributed by atoms with Crippen molar-refractivity contribution in [3.05, 3.63) is 35.4 Å². The average Bonchev–Trinajstić information content (AvgIpc) is 2.91. The van der Waals surface area contributed by atoms with Gasteiger partial charge in [0.25, 0.3) is 0 Å². The molecule has 1 aromatic carbocycles. The van der Waals surface area contributed by atoms with Crippen molar-refractivity contribution in [3.8, 4) is 0 Å². The van der Waals surface area contributed by atoms with Crippen LogP contribution in [-0.2, 0) is 11.2 Å². The second-order valence-electron chi connectivity index (χ2n) is 5.40. The first-order chi connectivity index (χ1) is 9.18. The molecule has 1 atom stereocenters. The van der Waals surface area contributed by atoms with Gasteiger partial charge in [-0.15, -0.1) is 0 Å². The number of hydrogen-bond acceptors (Lipinski definition) is 2. The lowest BCUT2D eigenvalue weighted by Gasteiger charge is -2.26. The maximum absolute atomic E-state index is 12.3. The van der Waals surface area contributed by atoms with Crippen molar-refractivity contribution >= 4 is 5.91 Å². The van der Waals surface area contributed by atoms with Gasteiger partial charge in [-0.25, -0.2) is 0 Å². The molecule has 2 N–H and O–H groups in total. The van der Waals surface area contributed by atoms with Crippen LogP contribution in [-0.4, -0.2) is 24.5 Å². The Morgan fingerprint density at radius 3 is 2.84 bits per heavy atom. The molecule has 19 heavy (non-hydrogen) atoms. The lowest BCUT2D eigenvalue weighted by molar-refractivity contribution is -0.127. The summed E-state index contributed by atoms with van der Waals surface area (Å²) >= 11 is 0. The summed E-state index contributed by atoms with van der Waals surface area (Å²) in [6.07, 6.45) is 3.82. The molecule has 0 saturated carbocycles. The Labute approximate surface area is 115 Å². The highest BCUT2D eigenvalue weighted by molar-refractivity contribution is 5.86. The predicted octanol–water partition coefficient (Wildman–Crippen LogP) is 2.19. The van der Waals surface area contributed by atoms with E-state index in [1.165, 1.54) is 11.1 Å². The van der Waals surface area contributed by atoms with Gasteiger partial charge in [0.2, 0.25) is 5.91 Å². The summed E-state index contributed by atoms with van der Waals surface area (Å²) in [7, 11) is 0. The topological polar surface area (TPSA) is 41.1 Å². The van der Waals surface area contributed by atoms with Crippen molar-refractivity contribution < 1.29 is 4.79 Å². The van der Waals surface area contributed by atoms with Gasteiger partial charge in [-0.2, -0.15) is 0 Å². The molecule has 0 radical (unpaired) electrons. The molecule has 0 aromatic heterocycles. The van der Waals surface area contributed by atoms with Crippen LogP contribution in [0.2, 0.25) is 0 Å². The maximum atomic E-state index is 12.3. The molecule has 1 saturated heterocycles. The van der Waals surface area contributed by atoms with Gasteiger partial charge in [0, 0.05) is 6.54 Å². The Hall–Kier alpha value is -1.35. The molecule has 1 aliphatic heterocycles. The molecule has 1 fully saturated rings. The molecule has 0 aliphatic carbocycles. The average molecular weight is 260 g/mol. The monoisotopic (exact) mass is 260 g/mol. The summed E-state index contributed by atoms with van der Waals surface area (Å²) in [5.41, 5.74) is 2.29. The van der Waals surface area contributed by atoms with E-state index in [9.17, 15) is 4.79 Å². The van der Waals surface area contributed by atoms with Crippen molar-refractivity contribution in [1.29, 1.82) is 0 Å². The molecule has 1 aromatic rings. The zero-order valence-corrected chi connectivity index (χ0v) is 12.0. The van der Waals surface area contributed by atoms with Crippen molar-refractivity contribution in [2.24, 2.45) is 0 Å². The highest BCUT2D eigenvalue weighted by Crippen LogP contribution is 2.23. The quantitative estimate of drug-likeness (QED) is 0.852. The largest absolute Gasteiger partial charge is 0.354 e. The van der Waals surface area contributed by atoms with E-state index in [2.05, 4.69) is 42.7 Å². The first kappa shape index (κ1) is 14.1. The molecule has 1 aliphatic rings. The lowest BCUT2D eigenvalue weighted by atomic mass is 9.93. The summed E-state index contributed by atoms with van der Waals surface area (Å²) in [4.78, 5) is 12.3. The Morgan fingerprint density at radius 2 is 2.21 bits per heavy atom. The zero-order valence-electron chi connectivity index (χ0n) is 12.0. The normalized spacial score (nSPS) is 22.4. The van der Waals surface area contributed by atoms with Crippen molar-refractivity contribution in [1.82, 2.24) is 10.6 Å². The summed E-state index contributed by atoms with van der Waals surface area (Å²) in [6, 6.07) is 8.34. The molecule has 0 spiro atoms. The van der Waals surface area contributed by atoms with Crippen LogP contribution in [0.15, 0.2) is 24.3 Å². The van der Waals surface area contributed by atoms with Gasteiger partial charge in [-0.05, 0) is 50.3 Å². The second-order valence-corrected chi connectivity index (χ2v) is 5.40. The van der Waals surface area contributed by atoms with E-state index in [0.717, 1.165) is 32.2 Å². The molecule has 3 nitrogen and oxygen atoms in total. The third-order valence-corrected chi connectivity index (χ3v) is 4.22. The third kappa shape index (κ3) is 3.16. The maximum Gasteiger partial charge on any atom is 0.240 e. The van der Waals surface area contributed by atoms with Crippen molar-refractivity contribution in [3.63, 3.8) is 0 Å². The van der Waals surface area contributed by atoms with Gasteiger partial charge in [-0.1, -0.05) is 31.2 Å². The molecule has 1 unspecified atom stereocenters. The van der Waals surface area contributed by atoms with E-state index >= 15 is 0 Å². The van der Waals surface area contributed by atoms with Crippen LogP contribution in [0.1, 0.15) is 37.3 Å². The minimum atomic E-state index is -0.314. The van der Waals surface area contributed by atoms with Crippen LogP contribution >= 0.6 is 0 Å². The molecule has 3 heteroatoms. The second kappa shape index (κ2) is 6.20. The number of carbonyl (C=O) groups is 1. The number of amides is 1. The van der Waals surface area contributed by atoms with E-state index in [-0.39, 0.29) is 11.4 Å².